The summed E-state index contributed by atoms with van der Waals surface area (Å²) in [4.78, 5) is 34.5. The summed E-state index contributed by atoms with van der Waals surface area (Å²) in [5.41, 5.74) is 0. The first-order chi connectivity index (χ1) is 18.0. The molecule has 1 amide bonds. The van der Waals surface area contributed by atoms with Gasteiger partial charge in [0.15, 0.2) is 0 Å². The molecule has 0 radical (unpaired) electrons. The number of carbonyl (C=O) groups excluding carboxylic acids is 2. The van der Waals surface area contributed by atoms with Crippen molar-refractivity contribution >= 4 is 17.8 Å². The summed E-state index contributed by atoms with van der Waals surface area (Å²) >= 11 is 0. The lowest BCUT2D eigenvalue weighted by Crippen LogP contribution is -2.28. The van der Waals surface area contributed by atoms with Crippen LogP contribution in [-0.2, 0) is 19.1 Å². The molecule has 0 aliphatic carbocycles. The minimum atomic E-state index is -1.03. The highest BCUT2D eigenvalue weighted by Crippen LogP contribution is 2.14. The zero-order valence-electron chi connectivity index (χ0n) is 23.8. The van der Waals surface area contributed by atoms with E-state index in [1.165, 1.54) is 51.4 Å². The second-order valence-electron chi connectivity index (χ2n) is 10.00. The van der Waals surface area contributed by atoms with E-state index in [0.29, 0.717) is 12.8 Å². The molecule has 0 saturated carbocycles. The van der Waals surface area contributed by atoms with Gasteiger partial charge < -0.3 is 15.2 Å². The van der Waals surface area contributed by atoms with Gasteiger partial charge in [0.25, 0.3) is 0 Å². The van der Waals surface area contributed by atoms with E-state index in [1.54, 1.807) is 0 Å². The Hall–Kier alpha value is -2.11. The van der Waals surface area contributed by atoms with Gasteiger partial charge in [0.2, 0.25) is 5.91 Å². The summed E-state index contributed by atoms with van der Waals surface area (Å²) in [7, 11) is 0. The number of carboxylic acids is 1. The van der Waals surface area contributed by atoms with Gasteiger partial charge in [-0.1, -0.05) is 89.9 Å². The monoisotopic (exact) mass is 521 g/mol. The van der Waals surface area contributed by atoms with Crippen LogP contribution in [0.15, 0.2) is 24.3 Å². The van der Waals surface area contributed by atoms with Crippen molar-refractivity contribution in [1.29, 1.82) is 0 Å². The molecule has 0 fully saturated rings. The molecule has 0 heterocycles. The molecule has 0 aromatic heterocycles. The number of carboxylic acid groups (broad SMARTS) is 1. The van der Waals surface area contributed by atoms with E-state index in [0.717, 1.165) is 64.2 Å². The molecular formula is C31H55NO5. The topological polar surface area (TPSA) is 92.7 Å². The Kier molecular flexibility index (Phi) is 25.4. The maximum Gasteiger partial charge on any atom is 0.322 e. The standard InChI is InChI=1S/C31H55NO5/c1-3-5-7-9-10-11-12-13-14-16-22-26-31(36)37-28(23-19-15-8-6-4-2)24-20-17-18-21-25-29(33)32-27-30(34)35/h9-10,19,23,28H,3-8,11-18,20-22,24-27H2,1-2H3,(H,32,33)(H,34,35)/b10-9-,23-19-. The number of hydrogen-bond acceptors (Lipinski definition) is 4. The number of rotatable bonds is 26. The van der Waals surface area contributed by atoms with E-state index >= 15 is 0 Å². The molecular weight excluding hydrogens is 466 g/mol. The van der Waals surface area contributed by atoms with Crippen molar-refractivity contribution in [2.75, 3.05) is 6.54 Å². The Morgan fingerprint density at radius 2 is 1.27 bits per heavy atom. The predicted molar refractivity (Wildman–Crippen MR) is 152 cm³/mol. The van der Waals surface area contributed by atoms with Crippen molar-refractivity contribution in [2.24, 2.45) is 0 Å². The zero-order chi connectivity index (χ0) is 27.4. The second kappa shape index (κ2) is 26.9. The zero-order valence-corrected chi connectivity index (χ0v) is 23.8. The molecule has 37 heavy (non-hydrogen) atoms. The van der Waals surface area contributed by atoms with Gasteiger partial charge in [-0.15, -0.1) is 0 Å². The van der Waals surface area contributed by atoms with Crippen molar-refractivity contribution in [3.8, 4) is 0 Å². The first kappa shape index (κ1) is 34.9. The Balaban J connectivity index is 4.11. The molecule has 6 nitrogen and oxygen atoms in total. The molecule has 2 N–H and O–H groups in total. The summed E-state index contributed by atoms with van der Waals surface area (Å²) in [6.45, 7) is 4.08. The highest BCUT2D eigenvalue weighted by atomic mass is 16.5. The van der Waals surface area contributed by atoms with Crippen molar-refractivity contribution in [3.05, 3.63) is 24.3 Å². The van der Waals surface area contributed by atoms with Crippen molar-refractivity contribution in [1.82, 2.24) is 5.32 Å². The largest absolute Gasteiger partial charge is 0.480 e. The Bertz CT molecular complexity index is 629. The Morgan fingerprint density at radius 3 is 1.97 bits per heavy atom. The molecule has 0 aromatic rings. The number of amides is 1. The highest BCUT2D eigenvalue weighted by Gasteiger charge is 2.11. The van der Waals surface area contributed by atoms with Gasteiger partial charge >= 0.3 is 11.9 Å². The van der Waals surface area contributed by atoms with Crippen LogP contribution in [0.3, 0.4) is 0 Å². The smallest absolute Gasteiger partial charge is 0.322 e. The van der Waals surface area contributed by atoms with E-state index < -0.39 is 5.97 Å². The average Bonchev–Trinajstić information content (AvgIpc) is 2.87. The summed E-state index contributed by atoms with van der Waals surface area (Å²) in [6, 6.07) is 0. The van der Waals surface area contributed by atoms with Gasteiger partial charge in [0.1, 0.15) is 12.6 Å². The second-order valence-corrected chi connectivity index (χ2v) is 10.00. The van der Waals surface area contributed by atoms with Gasteiger partial charge in [-0.05, 0) is 63.9 Å². The van der Waals surface area contributed by atoms with Crippen LogP contribution in [0.1, 0.15) is 142 Å². The van der Waals surface area contributed by atoms with Gasteiger partial charge in [0, 0.05) is 12.8 Å². The molecule has 0 rings (SSSR count). The normalized spacial score (nSPS) is 12.3. The molecule has 0 spiro atoms. The van der Waals surface area contributed by atoms with E-state index in [9.17, 15) is 14.4 Å². The minimum absolute atomic E-state index is 0.0998. The highest BCUT2D eigenvalue weighted by molar-refractivity contribution is 5.80. The van der Waals surface area contributed by atoms with Crippen LogP contribution in [0.4, 0.5) is 0 Å². The van der Waals surface area contributed by atoms with Gasteiger partial charge in [0.05, 0.1) is 0 Å². The van der Waals surface area contributed by atoms with Crippen LogP contribution in [-0.4, -0.2) is 35.6 Å². The van der Waals surface area contributed by atoms with Gasteiger partial charge in [-0.3, -0.25) is 14.4 Å². The number of ether oxygens (including phenoxy) is 1. The first-order valence-electron chi connectivity index (χ1n) is 15.0. The molecule has 1 atom stereocenters. The fourth-order valence-electron chi connectivity index (χ4n) is 4.05. The van der Waals surface area contributed by atoms with Crippen LogP contribution >= 0.6 is 0 Å². The lowest BCUT2D eigenvalue weighted by molar-refractivity contribution is -0.147. The lowest BCUT2D eigenvalue weighted by Gasteiger charge is -2.15. The molecule has 1 unspecified atom stereocenters. The number of hydrogen-bond donors (Lipinski definition) is 2. The summed E-state index contributed by atoms with van der Waals surface area (Å²) in [5, 5.41) is 11.0. The molecule has 0 aliphatic rings. The molecule has 0 aliphatic heterocycles. The van der Waals surface area contributed by atoms with Gasteiger partial charge in [-0.2, -0.15) is 0 Å². The van der Waals surface area contributed by atoms with E-state index in [-0.39, 0.29) is 24.5 Å². The van der Waals surface area contributed by atoms with E-state index in [2.05, 4.69) is 43.5 Å². The lowest BCUT2D eigenvalue weighted by atomic mass is 10.1. The SMILES string of the molecule is CCCC/C=C\CCCCCCCC(=O)OC(/C=C\CCCCC)CCCCCCC(=O)NCC(=O)O. The van der Waals surface area contributed by atoms with Crippen molar-refractivity contribution in [2.45, 2.75) is 148 Å². The van der Waals surface area contributed by atoms with Crippen molar-refractivity contribution in [3.63, 3.8) is 0 Å². The summed E-state index contributed by atoms with van der Waals surface area (Å²) < 4.78 is 5.79. The van der Waals surface area contributed by atoms with Gasteiger partial charge in [-0.25, -0.2) is 0 Å². The first-order valence-corrected chi connectivity index (χ1v) is 15.0. The third kappa shape index (κ3) is 26.8. The number of esters is 1. The summed E-state index contributed by atoms with van der Waals surface area (Å²) in [5.74, 6) is -1.35. The fourth-order valence-corrected chi connectivity index (χ4v) is 4.05. The van der Waals surface area contributed by atoms with Crippen molar-refractivity contribution < 1.29 is 24.2 Å². The number of allylic oxidation sites excluding steroid dienone is 3. The molecule has 6 heteroatoms. The van der Waals surface area contributed by atoms with E-state index in [1.807, 2.05) is 0 Å². The Morgan fingerprint density at radius 1 is 0.703 bits per heavy atom. The predicted octanol–water partition coefficient (Wildman–Crippen LogP) is 8.05. The van der Waals surface area contributed by atoms with Crippen LogP contribution in [0.5, 0.6) is 0 Å². The van der Waals surface area contributed by atoms with Crippen LogP contribution in [0, 0.1) is 0 Å². The number of unbranched alkanes of at least 4 members (excludes halogenated alkanes) is 13. The summed E-state index contributed by atoms with van der Waals surface area (Å²) in [6.07, 6.45) is 28.8. The maximum absolute atomic E-state index is 12.4. The number of carbonyl (C=O) groups is 3. The van der Waals surface area contributed by atoms with Crippen LogP contribution in [0.25, 0.3) is 0 Å². The number of nitrogens with one attached hydrogen (secondary N) is 1. The molecule has 0 saturated heterocycles. The molecule has 0 aromatic carbocycles. The Labute approximate surface area is 226 Å². The third-order valence-electron chi connectivity index (χ3n) is 6.33. The average molecular weight is 522 g/mol. The minimum Gasteiger partial charge on any atom is -0.480 e. The molecule has 214 valence electrons. The number of aliphatic carboxylic acids is 1. The van der Waals surface area contributed by atoms with Crippen LogP contribution < -0.4 is 5.32 Å². The van der Waals surface area contributed by atoms with E-state index in [4.69, 9.17) is 9.84 Å². The third-order valence-corrected chi connectivity index (χ3v) is 6.33. The quantitative estimate of drug-likeness (QED) is 0.0682. The fraction of sp³-hybridized carbons (Fsp3) is 0.774. The van der Waals surface area contributed by atoms with Crippen LogP contribution in [0.2, 0.25) is 0 Å². The maximum atomic E-state index is 12.4. The molecule has 0 bridgehead atoms.